The van der Waals surface area contributed by atoms with Gasteiger partial charge in [0, 0.05) is 17.6 Å². The van der Waals surface area contributed by atoms with Crippen LogP contribution in [-0.2, 0) is 4.74 Å². The van der Waals surface area contributed by atoms with E-state index >= 15 is 0 Å². The standard InChI is InChI=1S/C20H26ClNO2.ClH/c1-3-20(17-7-5-4-6-8-17)24-14-19(23)13-22-15(2)16-9-11-18(21)12-10-16;/h4-12,15,19-20,22-23H,3,13-14H2,1-2H3;1H. The normalized spacial score (nSPS) is 14.4. The SMILES string of the molecule is CCC(OCC(O)CNC(C)c1ccc(Cl)cc1)c1ccccc1.Cl. The van der Waals surface area contributed by atoms with Crippen LogP contribution in [0.2, 0.25) is 5.02 Å². The Morgan fingerprint density at radius 2 is 1.68 bits per heavy atom. The molecule has 0 aliphatic heterocycles. The van der Waals surface area contributed by atoms with Crippen LogP contribution in [-0.4, -0.2) is 24.4 Å². The van der Waals surface area contributed by atoms with Gasteiger partial charge in [-0.15, -0.1) is 12.4 Å². The predicted molar refractivity (Wildman–Crippen MR) is 107 cm³/mol. The molecule has 2 N–H and O–H groups in total. The molecule has 25 heavy (non-hydrogen) atoms. The molecule has 5 heteroatoms. The Balaban J connectivity index is 0.00000312. The average molecular weight is 384 g/mol. The second-order valence-electron chi connectivity index (χ2n) is 5.98. The Hall–Kier alpha value is -1.10. The summed E-state index contributed by atoms with van der Waals surface area (Å²) < 4.78 is 5.89. The minimum atomic E-state index is -0.544. The van der Waals surface area contributed by atoms with Crippen molar-refractivity contribution >= 4 is 24.0 Å². The number of aliphatic hydroxyl groups is 1. The lowest BCUT2D eigenvalue weighted by atomic mass is 10.1. The van der Waals surface area contributed by atoms with E-state index in [1.807, 2.05) is 42.5 Å². The largest absolute Gasteiger partial charge is 0.389 e. The highest BCUT2D eigenvalue weighted by atomic mass is 35.5. The molecule has 0 radical (unpaired) electrons. The van der Waals surface area contributed by atoms with Gasteiger partial charge >= 0.3 is 0 Å². The van der Waals surface area contributed by atoms with Crippen molar-refractivity contribution in [1.29, 1.82) is 0 Å². The Bertz CT molecular complexity index is 592. The van der Waals surface area contributed by atoms with E-state index in [9.17, 15) is 5.11 Å². The zero-order valence-electron chi connectivity index (χ0n) is 14.7. The van der Waals surface area contributed by atoms with Gasteiger partial charge in [0.15, 0.2) is 0 Å². The molecule has 2 aromatic carbocycles. The predicted octanol–water partition coefficient (Wildman–Crippen LogP) is 4.94. The average Bonchev–Trinajstić information content (AvgIpc) is 2.61. The van der Waals surface area contributed by atoms with Crippen molar-refractivity contribution in [2.45, 2.75) is 38.5 Å². The lowest BCUT2D eigenvalue weighted by Gasteiger charge is -2.21. The number of hydrogen-bond acceptors (Lipinski definition) is 3. The molecule has 0 aliphatic carbocycles. The van der Waals surface area contributed by atoms with Gasteiger partial charge in [-0.2, -0.15) is 0 Å². The van der Waals surface area contributed by atoms with Gasteiger partial charge < -0.3 is 15.2 Å². The van der Waals surface area contributed by atoms with Gasteiger partial charge in [-0.3, -0.25) is 0 Å². The van der Waals surface area contributed by atoms with Crippen LogP contribution in [0.3, 0.4) is 0 Å². The molecule has 0 fully saturated rings. The first-order chi connectivity index (χ1) is 11.6. The molecule has 0 saturated heterocycles. The quantitative estimate of drug-likeness (QED) is 0.643. The van der Waals surface area contributed by atoms with E-state index in [-0.39, 0.29) is 24.6 Å². The fourth-order valence-corrected chi connectivity index (χ4v) is 2.71. The second kappa shape index (κ2) is 11.5. The number of aliphatic hydroxyl groups excluding tert-OH is 1. The highest BCUT2D eigenvalue weighted by molar-refractivity contribution is 6.30. The van der Waals surface area contributed by atoms with Crippen LogP contribution in [0.5, 0.6) is 0 Å². The van der Waals surface area contributed by atoms with E-state index in [0.29, 0.717) is 13.2 Å². The third-order valence-corrected chi connectivity index (χ3v) is 4.31. The van der Waals surface area contributed by atoms with Crippen molar-refractivity contribution in [1.82, 2.24) is 5.32 Å². The Morgan fingerprint density at radius 1 is 1.04 bits per heavy atom. The zero-order chi connectivity index (χ0) is 17.4. The summed E-state index contributed by atoms with van der Waals surface area (Å²) in [5, 5.41) is 14.2. The number of ether oxygens (including phenoxy) is 1. The van der Waals surface area contributed by atoms with E-state index in [1.165, 1.54) is 0 Å². The third-order valence-electron chi connectivity index (χ3n) is 4.06. The van der Waals surface area contributed by atoms with Crippen molar-refractivity contribution in [3.63, 3.8) is 0 Å². The molecule has 3 nitrogen and oxygen atoms in total. The van der Waals surface area contributed by atoms with E-state index in [4.69, 9.17) is 16.3 Å². The Labute approximate surface area is 161 Å². The number of hydrogen-bond donors (Lipinski definition) is 2. The molecule has 0 heterocycles. The monoisotopic (exact) mass is 383 g/mol. The van der Waals surface area contributed by atoms with Gasteiger partial charge in [-0.1, -0.05) is 61.0 Å². The smallest absolute Gasteiger partial charge is 0.0898 e. The molecule has 0 bridgehead atoms. The minimum absolute atomic E-state index is 0. The molecule has 138 valence electrons. The lowest BCUT2D eigenvalue weighted by molar-refractivity contribution is -0.0120. The van der Waals surface area contributed by atoms with Crippen molar-refractivity contribution in [2.24, 2.45) is 0 Å². The molecule has 0 saturated carbocycles. The third kappa shape index (κ3) is 7.35. The molecule has 2 aromatic rings. The fourth-order valence-electron chi connectivity index (χ4n) is 2.59. The number of rotatable bonds is 9. The zero-order valence-corrected chi connectivity index (χ0v) is 16.3. The topological polar surface area (TPSA) is 41.5 Å². The van der Waals surface area contributed by atoms with Crippen LogP contribution in [0.1, 0.15) is 43.5 Å². The van der Waals surface area contributed by atoms with Crippen molar-refractivity contribution in [3.8, 4) is 0 Å². The summed E-state index contributed by atoms with van der Waals surface area (Å²) >= 11 is 5.90. The lowest BCUT2D eigenvalue weighted by Crippen LogP contribution is -2.32. The van der Waals surface area contributed by atoms with Crippen LogP contribution in [0.15, 0.2) is 54.6 Å². The summed E-state index contributed by atoms with van der Waals surface area (Å²) in [5.74, 6) is 0. The highest BCUT2D eigenvalue weighted by Crippen LogP contribution is 2.21. The molecule has 2 rings (SSSR count). The molecule has 0 aromatic heterocycles. The number of benzene rings is 2. The van der Waals surface area contributed by atoms with Crippen LogP contribution in [0.4, 0.5) is 0 Å². The molecule has 3 atom stereocenters. The van der Waals surface area contributed by atoms with E-state index in [1.54, 1.807) is 0 Å². The first-order valence-electron chi connectivity index (χ1n) is 8.43. The molecule has 0 amide bonds. The second-order valence-corrected chi connectivity index (χ2v) is 6.41. The first kappa shape index (κ1) is 21.9. The van der Waals surface area contributed by atoms with Crippen molar-refractivity contribution in [3.05, 3.63) is 70.7 Å². The van der Waals surface area contributed by atoms with Crippen LogP contribution >= 0.6 is 24.0 Å². The van der Waals surface area contributed by atoms with Crippen LogP contribution in [0, 0.1) is 0 Å². The van der Waals surface area contributed by atoms with Crippen molar-refractivity contribution in [2.75, 3.05) is 13.2 Å². The summed E-state index contributed by atoms with van der Waals surface area (Å²) in [6, 6.07) is 18.0. The van der Waals surface area contributed by atoms with Gasteiger partial charge in [-0.05, 0) is 36.6 Å². The maximum atomic E-state index is 10.2. The van der Waals surface area contributed by atoms with Gasteiger partial charge in [0.05, 0.1) is 18.8 Å². The Morgan fingerprint density at radius 3 is 2.28 bits per heavy atom. The summed E-state index contributed by atoms with van der Waals surface area (Å²) in [7, 11) is 0. The summed E-state index contributed by atoms with van der Waals surface area (Å²) in [5.41, 5.74) is 2.29. The summed E-state index contributed by atoms with van der Waals surface area (Å²) in [6.45, 7) is 4.95. The fraction of sp³-hybridized carbons (Fsp3) is 0.400. The van der Waals surface area contributed by atoms with Crippen LogP contribution in [0.25, 0.3) is 0 Å². The number of nitrogens with one attached hydrogen (secondary N) is 1. The molecule has 0 spiro atoms. The summed E-state index contributed by atoms with van der Waals surface area (Å²) in [4.78, 5) is 0. The van der Waals surface area contributed by atoms with Gasteiger partial charge in [-0.25, -0.2) is 0 Å². The molecular formula is C20H27Cl2NO2. The maximum absolute atomic E-state index is 10.2. The van der Waals surface area contributed by atoms with Gasteiger partial charge in [0.1, 0.15) is 0 Å². The molecule has 0 aliphatic rings. The minimum Gasteiger partial charge on any atom is -0.389 e. The van der Waals surface area contributed by atoms with Gasteiger partial charge in [0.25, 0.3) is 0 Å². The first-order valence-corrected chi connectivity index (χ1v) is 8.81. The molecule has 3 unspecified atom stereocenters. The van der Waals surface area contributed by atoms with Gasteiger partial charge in [0.2, 0.25) is 0 Å². The summed E-state index contributed by atoms with van der Waals surface area (Å²) in [6.07, 6.45) is 0.359. The number of halogens is 2. The van der Waals surface area contributed by atoms with Crippen LogP contribution < -0.4 is 5.32 Å². The maximum Gasteiger partial charge on any atom is 0.0898 e. The molecular weight excluding hydrogens is 357 g/mol. The van der Waals surface area contributed by atoms with E-state index in [2.05, 4.69) is 31.3 Å². The highest BCUT2D eigenvalue weighted by Gasteiger charge is 2.13. The van der Waals surface area contributed by atoms with Crippen molar-refractivity contribution < 1.29 is 9.84 Å². The van der Waals surface area contributed by atoms with E-state index < -0.39 is 6.10 Å². The van der Waals surface area contributed by atoms with E-state index in [0.717, 1.165) is 22.6 Å². The Kier molecular flexibility index (Phi) is 10.1.